The summed E-state index contributed by atoms with van der Waals surface area (Å²) in [7, 11) is 1.58. The fourth-order valence-electron chi connectivity index (χ4n) is 1.80. The number of rotatable bonds is 4. The van der Waals surface area contributed by atoms with E-state index in [1.54, 1.807) is 31.5 Å². The molecular formula is C14H15NO3. The van der Waals surface area contributed by atoms with Gasteiger partial charge in [-0.05, 0) is 41.5 Å². The Morgan fingerprint density at radius 3 is 2.61 bits per heavy atom. The quantitative estimate of drug-likeness (QED) is 0.861. The highest BCUT2D eigenvalue weighted by molar-refractivity contribution is 5.65. The summed E-state index contributed by atoms with van der Waals surface area (Å²) in [5, 5.41) is 18.5. The average molecular weight is 245 g/mol. The largest absolute Gasteiger partial charge is 0.497 e. The Morgan fingerprint density at radius 2 is 1.94 bits per heavy atom. The number of ether oxygens (including phenoxy) is 1. The van der Waals surface area contributed by atoms with Gasteiger partial charge >= 0.3 is 0 Å². The number of aliphatic hydroxyl groups excluding tert-OH is 2. The molecule has 94 valence electrons. The second-order valence-corrected chi connectivity index (χ2v) is 3.89. The number of nitrogens with zero attached hydrogens (tertiary/aromatic N) is 1. The molecule has 0 aliphatic carbocycles. The molecule has 0 saturated carbocycles. The fraction of sp³-hybridized carbons (Fsp3) is 0.214. The molecule has 0 aliphatic rings. The van der Waals surface area contributed by atoms with Gasteiger partial charge in [-0.3, -0.25) is 4.98 Å². The van der Waals surface area contributed by atoms with Gasteiger partial charge in [0.2, 0.25) is 0 Å². The van der Waals surface area contributed by atoms with Crippen LogP contribution in [0.5, 0.6) is 5.75 Å². The number of methoxy groups -OCH3 is 1. The molecule has 1 aromatic carbocycles. The SMILES string of the molecule is COc1ccc(-c2cc(CO)ccn2)c(CO)c1. The molecule has 0 spiro atoms. The molecule has 0 radical (unpaired) electrons. The van der Waals surface area contributed by atoms with E-state index in [4.69, 9.17) is 9.84 Å². The number of hydrogen-bond acceptors (Lipinski definition) is 4. The summed E-state index contributed by atoms with van der Waals surface area (Å²) in [6.45, 7) is -0.113. The van der Waals surface area contributed by atoms with Crippen molar-refractivity contribution >= 4 is 0 Å². The molecule has 0 aliphatic heterocycles. The van der Waals surface area contributed by atoms with E-state index in [9.17, 15) is 5.11 Å². The van der Waals surface area contributed by atoms with Crippen molar-refractivity contribution in [2.75, 3.05) is 7.11 Å². The maximum Gasteiger partial charge on any atom is 0.119 e. The molecule has 0 fully saturated rings. The van der Waals surface area contributed by atoms with Crippen molar-refractivity contribution in [3.8, 4) is 17.0 Å². The van der Waals surface area contributed by atoms with Crippen molar-refractivity contribution in [1.82, 2.24) is 4.98 Å². The number of pyridine rings is 1. The topological polar surface area (TPSA) is 62.6 Å². The van der Waals surface area contributed by atoms with Crippen LogP contribution in [0, 0.1) is 0 Å². The lowest BCUT2D eigenvalue weighted by Gasteiger charge is -2.09. The van der Waals surface area contributed by atoms with Crippen molar-refractivity contribution < 1.29 is 14.9 Å². The van der Waals surface area contributed by atoms with E-state index >= 15 is 0 Å². The van der Waals surface area contributed by atoms with E-state index in [0.29, 0.717) is 5.75 Å². The summed E-state index contributed by atoms with van der Waals surface area (Å²) in [6, 6.07) is 9.02. The third-order valence-corrected chi connectivity index (χ3v) is 2.77. The van der Waals surface area contributed by atoms with Crippen LogP contribution in [0.15, 0.2) is 36.5 Å². The zero-order valence-electron chi connectivity index (χ0n) is 10.1. The first-order valence-electron chi connectivity index (χ1n) is 5.62. The minimum atomic E-state index is -0.0857. The summed E-state index contributed by atoms with van der Waals surface area (Å²) < 4.78 is 5.12. The average Bonchev–Trinajstić information content (AvgIpc) is 2.46. The van der Waals surface area contributed by atoms with Crippen LogP contribution in [0.25, 0.3) is 11.3 Å². The first-order valence-corrected chi connectivity index (χ1v) is 5.62. The zero-order chi connectivity index (χ0) is 13.0. The van der Waals surface area contributed by atoms with Crippen LogP contribution in [-0.4, -0.2) is 22.3 Å². The normalized spacial score (nSPS) is 10.4. The molecule has 2 rings (SSSR count). The number of benzene rings is 1. The lowest BCUT2D eigenvalue weighted by molar-refractivity contribution is 0.281. The van der Waals surface area contributed by atoms with Gasteiger partial charge in [0.25, 0.3) is 0 Å². The third-order valence-electron chi connectivity index (χ3n) is 2.77. The molecule has 4 nitrogen and oxygen atoms in total. The second kappa shape index (κ2) is 5.62. The molecule has 1 aromatic heterocycles. The van der Waals surface area contributed by atoms with Gasteiger partial charge in [-0.2, -0.15) is 0 Å². The maximum absolute atomic E-state index is 9.39. The Bertz CT molecular complexity index is 540. The van der Waals surface area contributed by atoms with Gasteiger partial charge < -0.3 is 14.9 Å². The lowest BCUT2D eigenvalue weighted by Crippen LogP contribution is -1.95. The van der Waals surface area contributed by atoms with Crippen LogP contribution in [0.4, 0.5) is 0 Å². The number of aliphatic hydroxyl groups is 2. The van der Waals surface area contributed by atoms with Crippen LogP contribution in [-0.2, 0) is 13.2 Å². The molecule has 0 unspecified atom stereocenters. The first-order chi connectivity index (χ1) is 8.78. The molecule has 0 bridgehead atoms. The number of aromatic nitrogens is 1. The van der Waals surface area contributed by atoms with Crippen molar-refractivity contribution in [2.45, 2.75) is 13.2 Å². The highest BCUT2D eigenvalue weighted by Crippen LogP contribution is 2.26. The van der Waals surface area contributed by atoms with Crippen molar-refractivity contribution in [3.63, 3.8) is 0 Å². The minimum absolute atomic E-state index is 0.0276. The first kappa shape index (κ1) is 12.5. The predicted molar refractivity (Wildman–Crippen MR) is 68.1 cm³/mol. The smallest absolute Gasteiger partial charge is 0.119 e. The Hall–Kier alpha value is -1.91. The van der Waals surface area contributed by atoms with Crippen LogP contribution in [0.2, 0.25) is 0 Å². The molecule has 0 atom stereocenters. The van der Waals surface area contributed by atoms with Gasteiger partial charge in [0.05, 0.1) is 26.0 Å². The van der Waals surface area contributed by atoms with Gasteiger partial charge in [0, 0.05) is 11.8 Å². The predicted octanol–water partition coefficient (Wildman–Crippen LogP) is 1.74. The van der Waals surface area contributed by atoms with Gasteiger partial charge in [-0.1, -0.05) is 0 Å². The highest BCUT2D eigenvalue weighted by Gasteiger charge is 2.08. The van der Waals surface area contributed by atoms with E-state index in [-0.39, 0.29) is 13.2 Å². The minimum Gasteiger partial charge on any atom is -0.497 e. The maximum atomic E-state index is 9.39. The van der Waals surface area contributed by atoms with Crippen LogP contribution in [0.3, 0.4) is 0 Å². The standard InChI is InChI=1S/C14H15NO3/c1-18-12-2-3-13(11(7-12)9-17)14-6-10(8-16)4-5-15-14/h2-7,16-17H,8-9H2,1H3. The molecular weight excluding hydrogens is 230 g/mol. The summed E-state index contributed by atoms with van der Waals surface area (Å²) in [5.74, 6) is 0.695. The molecule has 0 amide bonds. The Balaban J connectivity index is 2.48. The number of hydrogen-bond donors (Lipinski definition) is 2. The Kier molecular flexibility index (Phi) is 3.92. The molecule has 4 heteroatoms. The van der Waals surface area contributed by atoms with Crippen molar-refractivity contribution in [3.05, 3.63) is 47.7 Å². The van der Waals surface area contributed by atoms with Crippen LogP contribution in [0.1, 0.15) is 11.1 Å². The molecule has 18 heavy (non-hydrogen) atoms. The second-order valence-electron chi connectivity index (χ2n) is 3.89. The van der Waals surface area contributed by atoms with Crippen molar-refractivity contribution in [1.29, 1.82) is 0 Å². The third kappa shape index (κ3) is 2.50. The Labute approximate surface area is 106 Å². The molecule has 2 aromatic rings. The summed E-state index contributed by atoms with van der Waals surface area (Å²) in [4.78, 5) is 4.26. The van der Waals surface area contributed by atoms with E-state index in [1.165, 1.54) is 0 Å². The van der Waals surface area contributed by atoms with Gasteiger partial charge in [0.15, 0.2) is 0 Å². The Morgan fingerprint density at radius 1 is 1.11 bits per heavy atom. The van der Waals surface area contributed by atoms with E-state index in [1.807, 2.05) is 12.1 Å². The summed E-state index contributed by atoms with van der Waals surface area (Å²) in [6.07, 6.45) is 1.65. The van der Waals surface area contributed by atoms with E-state index in [0.717, 1.165) is 22.4 Å². The van der Waals surface area contributed by atoms with Gasteiger partial charge in [-0.15, -0.1) is 0 Å². The molecule has 2 N–H and O–H groups in total. The van der Waals surface area contributed by atoms with Gasteiger partial charge in [-0.25, -0.2) is 0 Å². The molecule has 1 heterocycles. The highest BCUT2D eigenvalue weighted by atomic mass is 16.5. The molecule has 0 saturated heterocycles. The van der Waals surface area contributed by atoms with E-state index < -0.39 is 0 Å². The van der Waals surface area contributed by atoms with Crippen molar-refractivity contribution in [2.24, 2.45) is 0 Å². The lowest BCUT2D eigenvalue weighted by atomic mass is 10.0. The zero-order valence-corrected chi connectivity index (χ0v) is 10.1. The van der Waals surface area contributed by atoms with Crippen LogP contribution < -0.4 is 4.74 Å². The summed E-state index contributed by atoms with van der Waals surface area (Å²) in [5.41, 5.74) is 3.11. The van der Waals surface area contributed by atoms with E-state index in [2.05, 4.69) is 4.98 Å². The fourth-order valence-corrected chi connectivity index (χ4v) is 1.80. The monoisotopic (exact) mass is 245 g/mol. The summed E-state index contributed by atoms with van der Waals surface area (Å²) >= 11 is 0. The van der Waals surface area contributed by atoms with Crippen LogP contribution >= 0.6 is 0 Å². The van der Waals surface area contributed by atoms with Gasteiger partial charge in [0.1, 0.15) is 5.75 Å².